The summed E-state index contributed by atoms with van der Waals surface area (Å²) in [7, 11) is 0. The molecule has 0 saturated heterocycles. The highest BCUT2D eigenvalue weighted by Crippen LogP contribution is 2.23. The second-order valence-corrected chi connectivity index (χ2v) is 5.57. The minimum absolute atomic E-state index is 0.192. The maximum absolute atomic E-state index is 12.2. The van der Waals surface area contributed by atoms with Crippen molar-refractivity contribution in [1.29, 1.82) is 0 Å². The summed E-state index contributed by atoms with van der Waals surface area (Å²) < 4.78 is 0. The summed E-state index contributed by atoms with van der Waals surface area (Å²) in [6.07, 6.45) is 1.63. The van der Waals surface area contributed by atoms with Gasteiger partial charge < -0.3 is 0 Å². The normalized spacial score (nSPS) is 10.7. The number of halogens is 1. The fourth-order valence-corrected chi connectivity index (χ4v) is 2.62. The number of nitrogens with one attached hydrogen (secondary N) is 1. The summed E-state index contributed by atoms with van der Waals surface area (Å²) >= 11 is 7.45. The summed E-state index contributed by atoms with van der Waals surface area (Å²) in [5, 5.41) is 6.10. The summed E-state index contributed by atoms with van der Waals surface area (Å²) in [4.78, 5) is 20.5. The first kappa shape index (κ1) is 13.0. The molecule has 0 aliphatic carbocycles. The lowest BCUT2D eigenvalue weighted by Crippen LogP contribution is -2.12. The number of fused-ring (bicyclic) bond motifs is 1. The molecule has 0 unspecified atom stereocenters. The van der Waals surface area contributed by atoms with Crippen molar-refractivity contribution in [3.63, 3.8) is 0 Å². The van der Waals surface area contributed by atoms with E-state index < -0.39 is 0 Å². The van der Waals surface area contributed by atoms with Gasteiger partial charge in [-0.1, -0.05) is 23.7 Å². The molecule has 100 valence electrons. The quantitative estimate of drug-likeness (QED) is 0.730. The van der Waals surface area contributed by atoms with Crippen LogP contribution in [0.15, 0.2) is 35.8 Å². The zero-order valence-electron chi connectivity index (χ0n) is 10.6. The molecular weight excluding hydrogens is 294 g/mol. The predicted molar refractivity (Wildman–Crippen MR) is 81.6 cm³/mol. The number of amides is 1. The minimum Gasteiger partial charge on any atom is -0.298 e. The SMILES string of the molecule is Cc1ccc2cc(C(=O)Nc3nccs3)c(Cl)nc2c1. The molecule has 0 aliphatic rings. The number of nitrogens with zero attached hydrogens (tertiary/aromatic N) is 2. The molecule has 6 heteroatoms. The second kappa shape index (κ2) is 5.19. The van der Waals surface area contributed by atoms with Gasteiger partial charge in [0, 0.05) is 17.0 Å². The number of rotatable bonds is 2. The van der Waals surface area contributed by atoms with Gasteiger partial charge in [0.15, 0.2) is 5.13 Å². The molecule has 0 fully saturated rings. The topological polar surface area (TPSA) is 54.9 Å². The highest BCUT2D eigenvalue weighted by molar-refractivity contribution is 7.13. The van der Waals surface area contributed by atoms with E-state index in [1.165, 1.54) is 11.3 Å². The van der Waals surface area contributed by atoms with Gasteiger partial charge in [-0.15, -0.1) is 11.3 Å². The molecule has 0 atom stereocenters. The van der Waals surface area contributed by atoms with Crippen molar-refractivity contribution < 1.29 is 4.79 Å². The van der Waals surface area contributed by atoms with E-state index >= 15 is 0 Å². The van der Waals surface area contributed by atoms with Crippen molar-refractivity contribution in [2.45, 2.75) is 6.92 Å². The number of carbonyl (C=O) groups excluding carboxylic acids is 1. The van der Waals surface area contributed by atoms with Crippen LogP contribution in [0, 0.1) is 6.92 Å². The van der Waals surface area contributed by atoms with Gasteiger partial charge in [0.05, 0.1) is 11.1 Å². The predicted octanol–water partition coefficient (Wildman–Crippen LogP) is 3.91. The summed E-state index contributed by atoms with van der Waals surface area (Å²) in [5.74, 6) is -0.306. The number of hydrogen-bond donors (Lipinski definition) is 1. The molecule has 3 aromatic rings. The number of benzene rings is 1. The van der Waals surface area contributed by atoms with Crippen molar-refractivity contribution in [1.82, 2.24) is 9.97 Å². The third kappa shape index (κ3) is 2.50. The van der Waals surface area contributed by atoms with Gasteiger partial charge in [0.25, 0.3) is 5.91 Å². The van der Waals surface area contributed by atoms with Crippen LogP contribution in [-0.2, 0) is 0 Å². The van der Waals surface area contributed by atoms with Gasteiger partial charge in [-0.25, -0.2) is 9.97 Å². The van der Waals surface area contributed by atoms with Crippen LogP contribution in [0.2, 0.25) is 5.15 Å². The molecule has 3 rings (SSSR count). The van der Waals surface area contributed by atoms with Crippen LogP contribution in [0.3, 0.4) is 0 Å². The average molecular weight is 304 g/mol. The van der Waals surface area contributed by atoms with E-state index in [-0.39, 0.29) is 11.1 Å². The zero-order valence-corrected chi connectivity index (χ0v) is 12.1. The lowest BCUT2D eigenvalue weighted by Gasteiger charge is -2.06. The Kier molecular flexibility index (Phi) is 3.38. The maximum Gasteiger partial charge on any atom is 0.260 e. The van der Waals surface area contributed by atoms with Gasteiger partial charge in [-0.2, -0.15) is 0 Å². The molecular formula is C14H10ClN3OS. The summed E-state index contributed by atoms with van der Waals surface area (Å²) in [6, 6.07) is 7.57. The highest BCUT2D eigenvalue weighted by Gasteiger charge is 2.14. The van der Waals surface area contributed by atoms with Gasteiger partial charge >= 0.3 is 0 Å². The molecule has 2 heterocycles. The van der Waals surface area contributed by atoms with Crippen LogP contribution in [-0.4, -0.2) is 15.9 Å². The Morgan fingerprint density at radius 1 is 1.35 bits per heavy atom. The summed E-state index contributed by atoms with van der Waals surface area (Å²) in [6.45, 7) is 1.98. The summed E-state index contributed by atoms with van der Waals surface area (Å²) in [5.41, 5.74) is 2.22. The van der Waals surface area contributed by atoms with E-state index in [9.17, 15) is 4.79 Å². The van der Waals surface area contributed by atoms with Crippen molar-refractivity contribution >= 4 is 44.9 Å². The molecule has 20 heavy (non-hydrogen) atoms. The number of aromatic nitrogens is 2. The van der Waals surface area contributed by atoms with Crippen molar-refractivity contribution in [3.8, 4) is 0 Å². The molecule has 2 aromatic heterocycles. The smallest absolute Gasteiger partial charge is 0.260 e. The fraction of sp³-hybridized carbons (Fsp3) is 0.0714. The van der Waals surface area contributed by atoms with E-state index in [2.05, 4.69) is 15.3 Å². The fourth-order valence-electron chi connectivity index (χ4n) is 1.86. The first-order valence-corrected chi connectivity index (χ1v) is 7.17. The molecule has 0 radical (unpaired) electrons. The Hall–Kier alpha value is -1.98. The Bertz CT molecular complexity index is 786. The number of thiazole rings is 1. The van der Waals surface area contributed by atoms with E-state index in [1.54, 1.807) is 17.6 Å². The standard InChI is InChI=1S/C14H10ClN3OS/c1-8-2-3-9-7-10(12(15)17-11(9)6-8)13(19)18-14-16-4-5-20-14/h2-7H,1H3,(H,16,18,19). The number of anilines is 1. The van der Waals surface area contributed by atoms with Crippen molar-refractivity contribution in [2.24, 2.45) is 0 Å². The van der Waals surface area contributed by atoms with Crippen LogP contribution in [0.5, 0.6) is 0 Å². The van der Waals surface area contributed by atoms with Gasteiger partial charge in [0.1, 0.15) is 5.15 Å². The molecule has 1 amide bonds. The first-order valence-electron chi connectivity index (χ1n) is 5.91. The van der Waals surface area contributed by atoms with E-state index in [1.807, 2.05) is 25.1 Å². The first-order chi connectivity index (χ1) is 9.63. The van der Waals surface area contributed by atoms with Gasteiger partial charge in [-0.3, -0.25) is 10.1 Å². The number of pyridine rings is 1. The van der Waals surface area contributed by atoms with Crippen LogP contribution >= 0.6 is 22.9 Å². The molecule has 4 nitrogen and oxygen atoms in total. The Morgan fingerprint density at radius 3 is 2.95 bits per heavy atom. The lowest BCUT2D eigenvalue weighted by molar-refractivity contribution is 0.102. The highest BCUT2D eigenvalue weighted by atomic mass is 35.5. The lowest BCUT2D eigenvalue weighted by atomic mass is 10.1. The van der Waals surface area contributed by atoms with Crippen molar-refractivity contribution in [2.75, 3.05) is 5.32 Å². The van der Waals surface area contributed by atoms with Crippen LogP contribution < -0.4 is 5.32 Å². The third-order valence-corrected chi connectivity index (χ3v) is 3.80. The number of hydrogen-bond acceptors (Lipinski definition) is 4. The number of carbonyl (C=O) groups is 1. The van der Waals surface area contributed by atoms with Gasteiger partial charge in [0.2, 0.25) is 0 Å². The van der Waals surface area contributed by atoms with Crippen LogP contribution in [0.4, 0.5) is 5.13 Å². The Labute approximate surface area is 124 Å². The second-order valence-electron chi connectivity index (χ2n) is 4.31. The molecule has 1 aromatic carbocycles. The molecule has 0 aliphatic heterocycles. The third-order valence-electron chi connectivity index (χ3n) is 2.82. The van der Waals surface area contributed by atoms with Crippen LogP contribution in [0.25, 0.3) is 10.9 Å². The van der Waals surface area contributed by atoms with E-state index in [0.29, 0.717) is 10.7 Å². The monoisotopic (exact) mass is 303 g/mol. The van der Waals surface area contributed by atoms with E-state index in [0.717, 1.165) is 16.5 Å². The average Bonchev–Trinajstić information content (AvgIpc) is 2.90. The molecule has 0 saturated carbocycles. The van der Waals surface area contributed by atoms with Crippen molar-refractivity contribution in [3.05, 3.63) is 52.1 Å². The molecule has 0 bridgehead atoms. The Morgan fingerprint density at radius 2 is 2.20 bits per heavy atom. The number of aryl methyl sites for hydroxylation is 1. The zero-order chi connectivity index (χ0) is 14.1. The largest absolute Gasteiger partial charge is 0.298 e. The molecule has 0 spiro atoms. The Balaban J connectivity index is 2.00. The van der Waals surface area contributed by atoms with Gasteiger partial charge in [-0.05, 0) is 24.6 Å². The van der Waals surface area contributed by atoms with E-state index in [4.69, 9.17) is 11.6 Å². The molecule has 1 N–H and O–H groups in total. The minimum atomic E-state index is -0.306. The maximum atomic E-state index is 12.2. The van der Waals surface area contributed by atoms with Crippen LogP contribution in [0.1, 0.15) is 15.9 Å².